The Morgan fingerprint density at radius 1 is 1.42 bits per heavy atom. The second-order valence-electron chi connectivity index (χ2n) is 4.89. The third-order valence-corrected chi connectivity index (χ3v) is 3.99. The number of rotatable bonds is 2. The van der Waals surface area contributed by atoms with E-state index in [0.29, 0.717) is 18.2 Å². The van der Waals surface area contributed by atoms with Crippen LogP contribution in [0.5, 0.6) is 0 Å². The summed E-state index contributed by atoms with van der Waals surface area (Å²) in [5.41, 5.74) is 0.0952. The van der Waals surface area contributed by atoms with Crippen molar-refractivity contribution in [3.05, 3.63) is 33.8 Å². The lowest BCUT2D eigenvalue weighted by Gasteiger charge is -2.32. The molecule has 0 aliphatic carbocycles. The van der Waals surface area contributed by atoms with E-state index in [2.05, 4.69) is 33.1 Å². The molecule has 19 heavy (non-hydrogen) atoms. The molecule has 1 aromatic carbocycles. The Morgan fingerprint density at radius 2 is 2.16 bits per heavy atom. The number of hydrogen-bond donors (Lipinski definition) is 1. The van der Waals surface area contributed by atoms with Gasteiger partial charge in [-0.25, -0.2) is 0 Å². The molecule has 0 spiro atoms. The Morgan fingerprint density at radius 3 is 2.79 bits per heavy atom. The standard InChI is InChI=1S/C13H16BrF3N2/c1-9-7-19(5-4-18-9)8-10-6-11(13(15,16)17)2-3-12(10)14/h2-3,6,9,18H,4-5,7-8H2,1H3. The molecule has 0 amide bonds. The highest BCUT2D eigenvalue weighted by Crippen LogP contribution is 2.32. The minimum atomic E-state index is -4.29. The fraction of sp³-hybridized carbons (Fsp3) is 0.538. The van der Waals surface area contributed by atoms with Crippen LogP contribution in [-0.2, 0) is 12.7 Å². The van der Waals surface area contributed by atoms with Crippen LogP contribution < -0.4 is 5.32 Å². The summed E-state index contributed by atoms with van der Waals surface area (Å²) in [7, 11) is 0. The smallest absolute Gasteiger partial charge is 0.312 e. The van der Waals surface area contributed by atoms with Crippen LogP contribution in [0, 0.1) is 0 Å². The minimum Gasteiger partial charge on any atom is -0.312 e. The maximum absolute atomic E-state index is 12.7. The molecule has 0 radical (unpaired) electrons. The first kappa shape index (κ1) is 14.8. The largest absolute Gasteiger partial charge is 0.416 e. The van der Waals surface area contributed by atoms with Gasteiger partial charge in [-0.3, -0.25) is 4.90 Å². The van der Waals surface area contributed by atoms with E-state index in [0.717, 1.165) is 30.2 Å². The summed E-state index contributed by atoms with van der Waals surface area (Å²) in [6.45, 7) is 5.19. The highest BCUT2D eigenvalue weighted by Gasteiger charge is 2.31. The van der Waals surface area contributed by atoms with Gasteiger partial charge in [0.25, 0.3) is 0 Å². The molecule has 6 heteroatoms. The van der Waals surface area contributed by atoms with Gasteiger partial charge < -0.3 is 5.32 Å². The number of nitrogens with zero attached hydrogens (tertiary/aromatic N) is 1. The predicted molar refractivity (Wildman–Crippen MR) is 71.9 cm³/mol. The number of benzene rings is 1. The van der Waals surface area contributed by atoms with Gasteiger partial charge in [-0.05, 0) is 30.7 Å². The van der Waals surface area contributed by atoms with Crippen molar-refractivity contribution in [3.8, 4) is 0 Å². The molecular formula is C13H16BrF3N2. The third-order valence-electron chi connectivity index (χ3n) is 3.22. The molecule has 1 atom stereocenters. The molecule has 1 unspecified atom stereocenters. The summed E-state index contributed by atoms with van der Waals surface area (Å²) >= 11 is 3.33. The molecular weight excluding hydrogens is 321 g/mol. The molecule has 2 nitrogen and oxygen atoms in total. The lowest BCUT2D eigenvalue weighted by molar-refractivity contribution is -0.137. The number of piperazine rings is 1. The van der Waals surface area contributed by atoms with Crippen LogP contribution in [-0.4, -0.2) is 30.6 Å². The summed E-state index contributed by atoms with van der Waals surface area (Å²) in [4.78, 5) is 2.17. The average Bonchev–Trinajstić information content (AvgIpc) is 2.30. The molecule has 2 rings (SSSR count). The molecule has 1 aliphatic rings. The van der Waals surface area contributed by atoms with Gasteiger partial charge in [0, 0.05) is 36.7 Å². The number of hydrogen-bond acceptors (Lipinski definition) is 2. The summed E-state index contributed by atoms with van der Waals surface area (Å²) < 4.78 is 38.8. The van der Waals surface area contributed by atoms with Crippen LogP contribution in [0.1, 0.15) is 18.1 Å². The summed E-state index contributed by atoms with van der Waals surface area (Å²) in [5, 5.41) is 3.31. The molecule has 0 saturated carbocycles. The number of halogens is 4. The van der Waals surface area contributed by atoms with Gasteiger partial charge in [0.2, 0.25) is 0 Å². The molecule has 1 N–H and O–H groups in total. The van der Waals surface area contributed by atoms with E-state index in [9.17, 15) is 13.2 Å². The van der Waals surface area contributed by atoms with Crippen molar-refractivity contribution in [1.82, 2.24) is 10.2 Å². The third kappa shape index (κ3) is 3.94. The van der Waals surface area contributed by atoms with E-state index in [1.54, 1.807) is 0 Å². The van der Waals surface area contributed by atoms with Crippen LogP contribution in [0.4, 0.5) is 13.2 Å². The highest BCUT2D eigenvalue weighted by atomic mass is 79.9. The van der Waals surface area contributed by atoms with Gasteiger partial charge in [-0.2, -0.15) is 13.2 Å². The molecule has 1 heterocycles. The quantitative estimate of drug-likeness (QED) is 0.891. The van der Waals surface area contributed by atoms with Crippen LogP contribution >= 0.6 is 15.9 Å². The number of alkyl halides is 3. The molecule has 1 fully saturated rings. The SMILES string of the molecule is CC1CN(Cc2cc(C(F)(F)F)ccc2Br)CCN1. The van der Waals surface area contributed by atoms with E-state index in [1.165, 1.54) is 12.1 Å². The topological polar surface area (TPSA) is 15.3 Å². The normalized spacial score (nSPS) is 21.6. The summed E-state index contributed by atoms with van der Waals surface area (Å²) in [6, 6.07) is 4.19. The zero-order valence-corrected chi connectivity index (χ0v) is 12.2. The van der Waals surface area contributed by atoms with Crippen LogP contribution in [0.15, 0.2) is 22.7 Å². The van der Waals surface area contributed by atoms with Crippen molar-refractivity contribution < 1.29 is 13.2 Å². The predicted octanol–water partition coefficient (Wildman–Crippen LogP) is 3.26. The van der Waals surface area contributed by atoms with Crippen LogP contribution in [0.25, 0.3) is 0 Å². The first-order valence-corrected chi connectivity index (χ1v) is 6.97. The van der Waals surface area contributed by atoms with Gasteiger partial charge in [-0.1, -0.05) is 15.9 Å². The van der Waals surface area contributed by atoms with Crippen LogP contribution in [0.3, 0.4) is 0 Å². The Labute approximate surface area is 119 Å². The van der Waals surface area contributed by atoms with E-state index >= 15 is 0 Å². The first-order valence-electron chi connectivity index (χ1n) is 6.17. The number of nitrogens with one attached hydrogen (secondary N) is 1. The van der Waals surface area contributed by atoms with Crippen molar-refractivity contribution in [2.24, 2.45) is 0 Å². The van der Waals surface area contributed by atoms with Crippen LogP contribution in [0.2, 0.25) is 0 Å². The molecule has 0 bridgehead atoms. The van der Waals surface area contributed by atoms with Crippen molar-refractivity contribution >= 4 is 15.9 Å². The van der Waals surface area contributed by atoms with E-state index in [4.69, 9.17) is 0 Å². The molecule has 0 aromatic heterocycles. The Hall–Kier alpha value is -0.590. The summed E-state index contributed by atoms with van der Waals surface area (Å²) in [6.07, 6.45) is -4.29. The maximum Gasteiger partial charge on any atom is 0.416 e. The Balaban J connectivity index is 2.15. The van der Waals surface area contributed by atoms with E-state index in [1.807, 2.05) is 0 Å². The molecule has 1 saturated heterocycles. The summed E-state index contributed by atoms with van der Waals surface area (Å²) in [5.74, 6) is 0. The fourth-order valence-electron chi connectivity index (χ4n) is 2.27. The van der Waals surface area contributed by atoms with Gasteiger partial charge in [-0.15, -0.1) is 0 Å². The molecule has 1 aromatic rings. The maximum atomic E-state index is 12.7. The zero-order chi connectivity index (χ0) is 14.0. The lowest BCUT2D eigenvalue weighted by atomic mass is 10.1. The van der Waals surface area contributed by atoms with Crippen molar-refractivity contribution in [2.75, 3.05) is 19.6 Å². The lowest BCUT2D eigenvalue weighted by Crippen LogP contribution is -2.48. The monoisotopic (exact) mass is 336 g/mol. The van der Waals surface area contributed by atoms with E-state index in [-0.39, 0.29) is 0 Å². The van der Waals surface area contributed by atoms with Gasteiger partial charge >= 0.3 is 6.18 Å². The fourth-order valence-corrected chi connectivity index (χ4v) is 2.64. The van der Waals surface area contributed by atoms with Gasteiger partial charge in [0.15, 0.2) is 0 Å². The zero-order valence-electron chi connectivity index (χ0n) is 10.6. The highest BCUT2D eigenvalue weighted by molar-refractivity contribution is 9.10. The van der Waals surface area contributed by atoms with Crippen molar-refractivity contribution in [3.63, 3.8) is 0 Å². The van der Waals surface area contributed by atoms with Gasteiger partial charge in [0.05, 0.1) is 5.56 Å². The second-order valence-corrected chi connectivity index (χ2v) is 5.75. The first-order chi connectivity index (χ1) is 8.86. The Bertz CT molecular complexity index is 448. The molecule has 1 aliphatic heterocycles. The van der Waals surface area contributed by atoms with Crippen molar-refractivity contribution in [1.29, 1.82) is 0 Å². The average molecular weight is 337 g/mol. The minimum absolute atomic E-state index is 0.373. The van der Waals surface area contributed by atoms with E-state index < -0.39 is 11.7 Å². The Kier molecular flexibility index (Phi) is 4.53. The van der Waals surface area contributed by atoms with Crippen molar-refractivity contribution in [2.45, 2.75) is 25.7 Å². The molecule has 106 valence electrons. The van der Waals surface area contributed by atoms with Gasteiger partial charge in [0.1, 0.15) is 0 Å². The second kappa shape index (κ2) is 5.81.